The lowest BCUT2D eigenvalue weighted by molar-refractivity contribution is -0.136. The number of nitrogens with one attached hydrogen (secondary N) is 1. The van der Waals surface area contributed by atoms with Gasteiger partial charge in [-0.2, -0.15) is 0 Å². The van der Waals surface area contributed by atoms with Crippen molar-refractivity contribution in [1.29, 1.82) is 0 Å². The minimum Gasteiger partial charge on any atom is -0.481 e. The van der Waals surface area contributed by atoms with E-state index in [2.05, 4.69) is 20.9 Å². The fourth-order valence-corrected chi connectivity index (χ4v) is 2.68. The van der Waals surface area contributed by atoms with Gasteiger partial charge < -0.3 is 14.8 Å². The second kappa shape index (κ2) is 7.73. The molecule has 0 aliphatic heterocycles. The van der Waals surface area contributed by atoms with Crippen molar-refractivity contribution in [3.8, 4) is 0 Å². The molecule has 5 nitrogen and oxygen atoms in total. The van der Waals surface area contributed by atoms with Crippen LogP contribution in [0, 0.1) is 5.82 Å². The zero-order valence-electron chi connectivity index (χ0n) is 12.4. The molecule has 0 aliphatic rings. The van der Waals surface area contributed by atoms with E-state index in [0.29, 0.717) is 4.47 Å². The molecule has 0 heterocycles. The minimum atomic E-state index is -1.10. The van der Waals surface area contributed by atoms with Gasteiger partial charge in [-0.1, -0.05) is 22.0 Å². The Morgan fingerprint density at radius 1 is 1.45 bits per heavy atom. The van der Waals surface area contributed by atoms with Crippen LogP contribution >= 0.6 is 15.9 Å². The quantitative estimate of drug-likeness (QED) is 0.758. The van der Waals surface area contributed by atoms with Gasteiger partial charge in [-0.05, 0) is 44.9 Å². The highest BCUT2D eigenvalue weighted by atomic mass is 79.9. The van der Waals surface area contributed by atoms with Crippen molar-refractivity contribution >= 4 is 37.7 Å². The summed E-state index contributed by atoms with van der Waals surface area (Å²) >= 11 is 3.14. The first-order chi connectivity index (χ1) is 10.1. The lowest BCUT2D eigenvalue weighted by Crippen LogP contribution is -2.38. The summed E-state index contributed by atoms with van der Waals surface area (Å²) in [6, 6.07) is 4.44. The molecule has 0 unspecified atom stereocenters. The highest BCUT2D eigenvalue weighted by molar-refractivity contribution is 9.10. The van der Waals surface area contributed by atoms with E-state index in [0.717, 1.165) is 0 Å². The number of aliphatic carboxylic acids is 1. The summed E-state index contributed by atoms with van der Waals surface area (Å²) in [6.45, 7) is 5.13. The van der Waals surface area contributed by atoms with Crippen LogP contribution in [0.1, 0.15) is 26.3 Å². The van der Waals surface area contributed by atoms with Gasteiger partial charge in [0, 0.05) is 4.47 Å². The Hall–Kier alpha value is -1.41. The zero-order valence-corrected chi connectivity index (χ0v) is 15.0. The van der Waals surface area contributed by atoms with Gasteiger partial charge >= 0.3 is 12.1 Å². The molecule has 0 bridgehead atoms. The highest BCUT2D eigenvalue weighted by Gasteiger charge is 2.24. The van der Waals surface area contributed by atoms with Gasteiger partial charge in [-0.15, -0.1) is 0 Å². The van der Waals surface area contributed by atoms with Crippen molar-refractivity contribution in [3.63, 3.8) is 0 Å². The van der Waals surface area contributed by atoms with Crippen LogP contribution < -0.4 is 4.98 Å². The van der Waals surface area contributed by atoms with E-state index in [1.807, 2.05) is 0 Å². The molecule has 1 rings (SSSR count). The van der Waals surface area contributed by atoms with E-state index in [1.165, 1.54) is 12.1 Å². The first-order valence-electron chi connectivity index (χ1n) is 6.50. The van der Waals surface area contributed by atoms with Crippen molar-refractivity contribution in [2.24, 2.45) is 0 Å². The molecular weight excluding hydrogens is 373 g/mol. The van der Waals surface area contributed by atoms with Crippen LogP contribution in [-0.4, -0.2) is 32.5 Å². The van der Waals surface area contributed by atoms with E-state index in [1.54, 1.807) is 26.8 Å². The van der Waals surface area contributed by atoms with Crippen LogP contribution in [-0.2, 0) is 16.0 Å². The van der Waals surface area contributed by atoms with Gasteiger partial charge in [0.1, 0.15) is 11.4 Å². The van der Waals surface area contributed by atoms with Crippen molar-refractivity contribution in [1.82, 2.24) is 4.98 Å². The molecule has 0 saturated heterocycles. The van der Waals surface area contributed by atoms with Crippen LogP contribution in [0.25, 0.3) is 0 Å². The van der Waals surface area contributed by atoms with E-state index >= 15 is 0 Å². The number of ether oxygens (including phenoxy) is 1. The maximum atomic E-state index is 13.8. The van der Waals surface area contributed by atoms with Gasteiger partial charge in [0.15, 0.2) is 0 Å². The van der Waals surface area contributed by atoms with Crippen molar-refractivity contribution in [2.45, 2.75) is 38.3 Å². The van der Waals surface area contributed by atoms with Crippen LogP contribution in [0.15, 0.2) is 22.7 Å². The van der Waals surface area contributed by atoms with Gasteiger partial charge in [-0.25, -0.2) is 9.18 Å². The van der Waals surface area contributed by atoms with Gasteiger partial charge in [0.25, 0.3) is 0 Å². The van der Waals surface area contributed by atoms with Gasteiger partial charge in [-0.3, -0.25) is 4.79 Å². The normalized spacial score (nSPS) is 12.6. The molecule has 0 spiro atoms. The molecule has 120 valence electrons. The first-order valence-corrected chi connectivity index (χ1v) is 8.37. The second-order valence-electron chi connectivity index (χ2n) is 5.60. The summed E-state index contributed by atoms with van der Waals surface area (Å²) in [5, 5.41) is 9.21. The predicted octanol–water partition coefficient (Wildman–Crippen LogP) is 3.15. The van der Waals surface area contributed by atoms with Crippen LogP contribution in [0.4, 0.5) is 9.18 Å². The van der Waals surface area contributed by atoms with E-state index in [9.17, 15) is 19.1 Å². The van der Waals surface area contributed by atoms with Crippen LogP contribution in [0.5, 0.6) is 0 Å². The number of hydrogen-bond acceptors (Lipinski definition) is 3. The molecule has 0 aliphatic carbocycles. The maximum Gasteiger partial charge on any atom is 0.399 e. The SMILES string of the molecule is CC(C)(C)OC(=O)N[Si][C@@H](Cc1ccc(Br)cc1F)C(=O)O. The van der Waals surface area contributed by atoms with Gasteiger partial charge in [0.05, 0.1) is 5.54 Å². The number of amides is 1. The Morgan fingerprint density at radius 2 is 2.09 bits per heavy atom. The van der Waals surface area contributed by atoms with E-state index < -0.39 is 38.7 Å². The molecular formula is C14H17BrFNO4Si. The molecule has 2 N–H and O–H groups in total. The van der Waals surface area contributed by atoms with Crippen molar-refractivity contribution < 1.29 is 23.8 Å². The molecule has 22 heavy (non-hydrogen) atoms. The number of carbonyl (C=O) groups is 2. The lowest BCUT2D eigenvalue weighted by Gasteiger charge is -2.20. The highest BCUT2D eigenvalue weighted by Crippen LogP contribution is 2.20. The Labute approximate surface area is 139 Å². The number of rotatable bonds is 5. The third kappa shape index (κ3) is 6.57. The average Bonchev–Trinajstić information content (AvgIpc) is 2.34. The van der Waals surface area contributed by atoms with Crippen LogP contribution in [0.2, 0.25) is 5.54 Å². The number of hydrogen-bond donors (Lipinski definition) is 2. The Balaban J connectivity index is 2.67. The Kier molecular flexibility index (Phi) is 6.55. The fraction of sp³-hybridized carbons (Fsp3) is 0.429. The second-order valence-corrected chi connectivity index (χ2v) is 7.75. The topological polar surface area (TPSA) is 75.6 Å². The number of halogens is 2. The molecule has 0 fully saturated rings. The summed E-state index contributed by atoms with van der Waals surface area (Å²) in [4.78, 5) is 25.2. The van der Waals surface area contributed by atoms with Crippen molar-refractivity contribution in [3.05, 3.63) is 34.1 Å². The first kappa shape index (κ1) is 18.6. The third-order valence-electron chi connectivity index (χ3n) is 2.48. The smallest absolute Gasteiger partial charge is 0.399 e. The van der Waals surface area contributed by atoms with E-state index in [4.69, 9.17) is 4.74 Å². The molecule has 8 heteroatoms. The zero-order chi connectivity index (χ0) is 16.9. The summed E-state index contributed by atoms with van der Waals surface area (Å²) in [5.41, 5.74) is -1.29. The molecule has 2 radical (unpaired) electrons. The monoisotopic (exact) mass is 389 g/mol. The predicted molar refractivity (Wildman–Crippen MR) is 84.3 cm³/mol. The molecule has 0 aromatic heterocycles. The minimum absolute atomic E-state index is 0.0112. The number of benzene rings is 1. The fourth-order valence-electron chi connectivity index (χ4n) is 1.56. The molecule has 0 saturated carbocycles. The molecule has 1 atom stereocenters. The average molecular weight is 390 g/mol. The summed E-state index contributed by atoms with van der Waals surface area (Å²) in [5.74, 6) is -1.58. The molecule has 1 aromatic rings. The Morgan fingerprint density at radius 3 is 2.59 bits per heavy atom. The molecule has 1 amide bonds. The summed E-state index contributed by atoms with van der Waals surface area (Å²) < 4.78 is 19.4. The summed E-state index contributed by atoms with van der Waals surface area (Å²) in [7, 11) is -0.413. The van der Waals surface area contributed by atoms with Crippen LogP contribution in [0.3, 0.4) is 0 Å². The number of carboxylic acids is 1. The standard InChI is InChI=1S/C14H17BrFNO4Si/c1-14(2,3)21-13(20)17-22-11(12(18)19)6-8-4-5-9(15)7-10(8)16/h4-5,7,11H,6H2,1-3H3,(H,17,20)(H,18,19)/t11-/m0/s1. The van der Waals surface area contributed by atoms with Gasteiger partial charge in [0.2, 0.25) is 9.68 Å². The molecule has 1 aromatic carbocycles. The maximum absolute atomic E-state index is 13.8. The number of carbonyl (C=O) groups excluding carboxylic acids is 1. The third-order valence-corrected chi connectivity index (χ3v) is 4.13. The summed E-state index contributed by atoms with van der Waals surface area (Å²) in [6.07, 6.45) is -0.698. The Bertz CT molecular complexity index is 562. The van der Waals surface area contributed by atoms with Crippen molar-refractivity contribution in [2.75, 3.05) is 0 Å². The number of carboxylic acid groups (broad SMARTS) is 1. The lowest BCUT2D eigenvalue weighted by atomic mass is 10.1. The largest absolute Gasteiger partial charge is 0.481 e. The van der Waals surface area contributed by atoms with E-state index in [-0.39, 0.29) is 12.0 Å².